The van der Waals surface area contributed by atoms with E-state index >= 15 is 0 Å². The van der Waals surface area contributed by atoms with Gasteiger partial charge in [0.05, 0.1) is 0 Å². The molecule has 1 amide bonds. The van der Waals surface area contributed by atoms with Crippen molar-refractivity contribution in [2.75, 3.05) is 13.1 Å². The fraction of sp³-hybridized carbons (Fsp3) is 0.889. The Morgan fingerprint density at radius 3 is 2.64 bits per heavy atom. The zero-order chi connectivity index (χ0) is 10.8. The Bertz CT molecular complexity index is 213. The highest BCUT2D eigenvalue weighted by molar-refractivity contribution is 5.67. The standard InChI is InChI=1S/C9H19N3O2/c1-9(2,3)14-8(13)11-12-5-4-7(10)6-12/h7H,4-6,10H2,1-3H3,(H,11,13)/t7-/m0/s1. The summed E-state index contributed by atoms with van der Waals surface area (Å²) in [6.45, 7) is 6.99. The van der Waals surface area contributed by atoms with Crippen LogP contribution in [0.4, 0.5) is 4.79 Å². The Morgan fingerprint density at radius 1 is 1.57 bits per heavy atom. The SMILES string of the molecule is CC(C)(C)OC(=O)NN1CC[C@H](N)C1. The number of ether oxygens (including phenoxy) is 1. The largest absolute Gasteiger partial charge is 0.443 e. The Balaban J connectivity index is 2.27. The summed E-state index contributed by atoms with van der Waals surface area (Å²) >= 11 is 0. The molecule has 1 aliphatic rings. The minimum Gasteiger partial charge on any atom is -0.443 e. The lowest BCUT2D eigenvalue weighted by molar-refractivity contribution is 0.0364. The molecule has 0 bridgehead atoms. The predicted octanol–water partition coefficient (Wildman–Crippen LogP) is 0.459. The first-order valence-electron chi connectivity index (χ1n) is 4.87. The van der Waals surface area contributed by atoms with Gasteiger partial charge in [0.1, 0.15) is 5.60 Å². The number of carbonyl (C=O) groups is 1. The van der Waals surface area contributed by atoms with Crippen LogP contribution >= 0.6 is 0 Å². The molecule has 3 N–H and O–H groups in total. The highest BCUT2D eigenvalue weighted by Gasteiger charge is 2.23. The zero-order valence-electron chi connectivity index (χ0n) is 9.04. The minimum atomic E-state index is -0.452. The molecule has 14 heavy (non-hydrogen) atoms. The van der Waals surface area contributed by atoms with Gasteiger partial charge in [-0.3, -0.25) is 5.43 Å². The van der Waals surface area contributed by atoms with E-state index in [0.29, 0.717) is 6.54 Å². The van der Waals surface area contributed by atoms with Gasteiger partial charge in [-0.1, -0.05) is 0 Å². The molecular formula is C9H19N3O2. The smallest absolute Gasteiger partial charge is 0.422 e. The first kappa shape index (κ1) is 11.3. The second kappa shape index (κ2) is 4.14. The number of nitrogens with one attached hydrogen (secondary N) is 1. The number of rotatable bonds is 1. The topological polar surface area (TPSA) is 67.6 Å². The predicted molar refractivity (Wildman–Crippen MR) is 53.5 cm³/mol. The number of carbonyl (C=O) groups excluding carboxylic acids is 1. The third-order valence-electron chi connectivity index (χ3n) is 1.87. The van der Waals surface area contributed by atoms with Crippen LogP contribution in [0.3, 0.4) is 0 Å². The van der Waals surface area contributed by atoms with Crippen LogP contribution in [0.5, 0.6) is 0 Å². The van der Waals surface area contributed by atoms with Gasteiger partial charge < -0.3 is 10.5 Å². The Hall–Kier alpha value is -0.810. The number of nitrogens with zero attached hydrogens (tertiary/aromatic N) is 1. The van der Waals surface area contributed by atoms with Crippen LogP contribution in [0.2, 0.25) is 0 Å². The molecule has 5 heteroatoms. The van der Waals surface area contributed by atoms with E-state index in [0.717, 1.165) is 13.0 Å². The minimum absolute atomic E-state index is 0.157. The highest BCUT2D eigenvalue weighted by Crippen LogP contribution is 2.08. The molecule has 0 saturated carbocycles. The van der Waals surface area contributed by atoms with Crippen molar-refractivity contribution in [2.45, 2.75) is 38.8 Å². The maximum absolute atomic E-state index is 11.3. The number of amides is 1. The average Bonchev–Trinajstić information content (AvgIpc) is 2.30. The van der Waals surface area contributed by atoms with Crippen molar-refractivity contribution in [1.29, 1.82) is 0 Å². The van der Waals surface area contributed by atoms with Gasteiger partial charge in [0.15, 0.2) is 0 Å². The highest BCUT2D eigenvalue weighted by atomic mass is 16.6. The normalized spacial score (nSPS) is 23.6. The van der Waals surface area contributed by atoms with Crippen molar-refractivity contribution in [3.8, 4) is 0 Å². The Morgan fingerprint density at radius 2 is 2.21 bits per heavy atom. The molecule has 0 spiro atoms. The molecule has 1 heterocycles. The Kier molecular flexibility index (Phi) is 3.34. The molecule has 5 nitrogen and oxygen atoms in total. The van der Waals surface area contributed by atoms with E-state index < -0.39 is 11.7 Å². The molecule has 1 atom stereocenters. The summed E-state index contributed by atoms with van der Waals surface area (Å²) in [4.78, 5) is 11.3. The van der Waals surface area contributed by atoms with Crippen molar-refractivity contribution < 1.29 is 9.53 Å². The first-order chi connectivity index (χ1) is 6.37. The van der Waals surface area contributed by atoms with Gasteiger partial charge in [-0.2, -0.15) is 0 Å². The molecule has 0 aromatic heterocycles. The monoisotopic (exact) mass is 201 g/mol. The quantitative estimate of drug-likeness (QED) is 0.646. The van der Waals surface area contributed by atoms with E-state index in [1.807, 2.05) is 20.8 Å². The van der Waals surface area contributed by atoms with Crippen LogP contribution in [0.15, 0.2) is 0 Å². The summed E-state index contributed by atoms with van der Waals surface area (Å²) in [5.41, 5.74) is 7.90. The van der Waals surface area contributed by atoms with Gasteiger partial charge >= 0.3 is 6.09 Å². The lowest BCUT2D eigenvalue weighted by Gasteiger charge is -2.23. The fourth-order valence-electron chi connectivity index (χ4n) is 1.32. The summed E-state index contributed by atoms with van der Waals surface area (Å²) < 4.78 is 5.10. The van der Waals surface area contributed by atoms with Crippen molar-refractivity contribution in [3.05, 3.63) is 0 Å². The molecular weight excluding hydrogens is 182 g/mol. The molecule has 0 unspecified atom stereocenters. The average molecular weight is 201 g/mol. The summed E-state index contributed by atoms with van der Waals surface area (Å²) in [6, 6.07) is 0.157. The van der Waals surface area contributed by atoms with Crippen molar-refractivity contribution >= 4 is 6.09 Å². The number of hydrogen-bond donors (Lipinski definition) is 2. The number of nitrogens with two attached hydrogens (primary N) is 1. The molecule has 0 aromatic carbocycles. The maximum atomic E-state index is 11.3. The molecule has 0 radical (unpaired) electrons. The molecule has 0 aromatic rings. The van der Waals surface area contributed by atoms with Crippen LogP contribution in [0, 0.1) is 0 Å². The number of hydrazine groups is 1. The van der Waals surface area contributed by atoms with E-state index in [2.05, 4.69) is 5.43 Å². The lowest BCUT2D eigenvalue weighted by atomic mass is 10.2. The summed E-state index contributed by atoms with van der Waals surface area (Å²) in [5.74, 6) is 0. The van der Waals surface area contributed by atoms with Gasteiger partial charge in [0.25, 0.3) is 0 Å². The Labute approximate surface area is 84.5 Å². The molecule has 1 rings (SSSR count). The van der Waals surface area contributed by atoms with E-state index in [9.17, 15) is 4.79 Å². The molecule has 82 valence electrons. The molecule has 1 saturated heterocycles. The second-order valence-electron chi connectivity index (χ2n) is 4.61. The fourth-order valence-corrected chi connectivity index (χ4v) is 1.32. The van der Waals surface area contributed by atoms with Crippen LogP contribution in [-0.2, 0) is 4.74 Å². The first-order valence-corrected chi connectivity index (χ1v) is 4.87. The third-order valence-corrected chi connectivity index (χ3v) is 1.87. The van der Waals surface area contributed by atoms with E-state index in [1.165, 1.54) is 0 Å². The third kappa shape index (κ3) is 3.93. The van der Waals surface area contributed by atoms with Crippen molar-refractivity contribution in [3.63, 3.8) is 0 Å². The summed E-state index contributed by atoms with van der Waals surface area (Å²) in [6.07, 6.45) is 0.502. The van der Waals surface area contributed by atoms with Crippen LogP contribution < -0.4 is 11.2 Å². The van der Waals surface area contributed by atoms with Gasteiger partial charge in [0, 0.05) is 19.1 Å². The summed E-state index contributed by atoms with van der Waals surface area (Å²) in [7, 11) is 0. The molecule has 0 aliphatic carbocycles. The lowest BCUT2D eigenvalue weighted by Crippen LogP contribution is -2.44. The van der Waals surface area contributed by atoms with E-state index in [4.69, 9.17) is 10.5 Å². The second-order valence-corrected chi connectivity index (χ2v) is 4.61. The van der Waals surface area contributed by atoms with Gasteiger partial charge in [-0.25, -0.2) is 9.80 Å². The molecule has 1 aliphatic heterocycles. The van der Waals surface area contributed by atoms with Gasteiger partial charge in [0.2, 0.25) is 0 Å². The van der Waals surface area contributed by atoms with Crippen LogP contribution in [0.25, 0.3) is 0 Å². The van der Waals surface area contributed by atoms with Crippen LogP contribution in [-0.4, -0.2) is 35.8 Å². The van der Waals surface area contributed by atoms with Gasteiger partial charge in [-0.05, 0) is 27.2 Å². The van der Waals surface area contributed by atoms with Crippen molar-refractivity contribution in [2.24, 2.45) is 5.73 Å². The van der Waals surface area contributed by atoms with Gasteiger partial charge in [-0.15, -0.1) is 0 Å². The van der Waals surface area contributed by atoms with Crippen molar-refractivity contribution in [1.82, 2.24) is 10.4 Å². The van der Waals surface area contributed by atoms with E-state index in [1.54, 1.807) is 5.01 Å². The molecule has 1 fully saturated rings. The number of hydrogen-bond acceptors (Lipinski definition) is 4. The van der Waals surface area contributed by atoms with E-state index in [-0.39, 0.29) is 6.04 Å². The summed E-state index contributed by atoms with van der Waals surface area (Å²) in [5, 5.41) is 1.79. The zero-order valence-corrected chi connectivity index (χ0v) is 9.04. The maximum Gasteiger partial charge on any atom is 0.422 e. The van der Waals surface area contributed by atoms with Crippen LogP contribution in [0.1, 0.15) is 27.2 Å².